The number of rotatable bonds is 5. The van der Waals surface area contributed by atoms with E-state index < -0.39 is 0 Å². The van der Waals surface area contributed by atoms with Crippen LogP contribution in [-0.2, 0) is 6.54 Å². The second kappa shape index (κ2) is 8.83. The standard InChI is InChI=1S/C23H25FN4OS/c1-16-7-8-17(2)18(13-16)14-25-22(29)20-15-30-23(26-20)28-11-9-27(10-12-28)21-6-4-3-5-19(21)24/h3-8,13,15H,9-12,14H2,1-2H3,(H,25,29). The topological polar surface area (TPSA) is 48.5 Å². The number of nitrogens with zero attached hydrogens (tertiary/aromatic N) is 3. The number of amides is 1. The van der Waals surface area contributed by atoms with Crippen LogP contribution in [0.3, 0.4) is 0 Å². The Morgan fingerprint density at radius 1 is 1.10 bits per heavy atom. The molecule has 2 heterocycles. The van der Waals surface area contributed by atoms with Gasteiger partial charge in [-0.2, -0.15) is 0 Å². The normalized spacial score (nSPS) is 14.1. The van der Waals surface area contributed by atoms with Gasteiger partial charge >= 0.3 is 0 Å². The predicted octanol–water partition coefficient (Wildman–Crippen LogP) is 4.16. The van der Waals surface area contributed by atoms with E-state index in [1.807, 2.05) is 26.0 Å². The summed E-state index contributed by atoms with van der Waals surface area (Å²) in [6, 6.07) is 13.1. The summed E-state index contributed by atoms with van der Waals surface area (Å²) < 4.78 is 14.0. The minimum Gasteiger partial charge on any atom is -0.366 e. The van der Waals surface area contributed by atoms with Crippen LogP contribution in [0.5, 0.6) is 0 Å². The van der Waals surface area contributed by atoms with Gasteiger partial charge in [0.25, 0.3) is 5.91 Å². The molecule has 1 fully saturated rings. The number of carbonyl (C=O) groups is 1. The van der Waals surface area contributed by atoms with Crippen molar-refractivity contribution in [2.24, 2.45) is 0 Å². The fourth-order valence-corrected chi connectivity index (χ4v) is 4.48. The van der Waals surface area contributed by atoms with Crippen molar-refractivity contribution in [2.75, 3.05) is 36.0 Å². The van der Waals surface area contributed by atoms with Crippen molar-refractivity contribution in [3.05, 3.63) is 76.0 Å². The van der Waals surface area contributed by atoms with E-state index in [0.29, 0.717) is 31.0 Å². The monoisotopic (exact) mass is 424 g/mol. The van der Waals surface area contributed by atoms with Gasteiger partial charge in [0.15, 0.2) is 5.13 Å². The zero-order valence-corrected chi connectivity index (χ0v) is 18.0. The van der Waals surface area contributed by atoms with Gasteiger partial charge < -0.3 is 15.1 Å². The molecule has 0 saturated carbocycles. The Bertz CT molecular complexity index is 1040. The van der Waals surface area contributed by atoms with Crippen LogP contribution in [0.4, 0.5) is 15.2 Å². The number of hydrogen-bond acceptors (Lipinski definition) is 5. The first-order valence-corrected chi connectivity index (χ1v) is 10.9. The van der Waals surface area contributed by atoms with Crippen LogP contribution in [0.1, 0.15) is 27.2 Å². The van der Waals surface area contributed by atoms with Crippen LogP contribution in [0.15, 0.2) is 47.8 Å². The Kier molecular flexibility index (Phi) is 5.99. The van der Waals surface area contributed by atoms with Crippen LogP contribution in [0.25, 0.3) is 0 Å². The van der Waals surface area contributed by atoms with Gasteiger partial charge in [-0.1, -0.05) is 35.9 Å². The van der Waals surface area contributed by atoms with Crippen molar-refractivity contribution in [3.8, 4) is 0 Å². The molecule has 2 aromatic carbocycles. The smallest absolute Gasteiger partial charge is 0.271 e. The molecule has 1 aliphatic rings. The summed E-state index contributed by atoms with van der Waals surface area (Å²) >= 11 is 1.47. The predicted molar refractivity (Wildman–Crippen MR) is 120 cm³/mol. The van der Waals surface area contributed by atoms with Crippen molar-refractivity contribution >= 4 is 28.1 Å². The molecule has 4 rings (SSSR count). The van der Waals surface area contributed by atoms with Gasteiger partial charge in [-0.3, -0.25) is 4.79 Å². The largest absolute Gasteiger partial charge is 0.366 e. The van der Waals surface area contributed by atoms with Crippen LogP contribution < -0.4 is 15.1 Å². The van der Waals surface area contributed by atoms with Crippen molar-refractivity contribution in [2.45, 2.75) is 20.4 Å². The van der Waals surface area contributed by atoms with Gasteiger partial charge in [0.1, 0.15) is 11.5 Å². The molecule has 0 unspecified atom stereocenters. The van der Waals surface area contributed by atoms with Gasteiger partial charge in [0.2, 0.25) is 0 Å². The minimum atomic E-state index is -0.192. The maximum atomic E-state index is 14.0. The Balaban J connectivity index is 1.34. The molecule has 1 aromatic heterocycles. The number of thiazole rings is 1. The molecule has 1 saturated heterocycles. The number of piperazine rings is 1. The van der Waals surface area contributed by atoms with E-state index >= 15 is 0 Å². The zero-order chi connectivity index (χ0) is 21.1. The third-order valence-electron chi connectivity index (χ3n) is 5.41. The molecule has 30 heavy (non-hydrogen) atoms. The van der Waals surface area contributed by atoms with E-state index in [2.05, 4.69) is 38.3 Å². The van der Waals surface area contributed by atoms with Crippen LogP contribution >= 0.6 is 11.3 Å². The minimum absolute atomic E-state index is 0.164. The van der Waals surface area contributed by atoms with E-state index in [4.69, 9.17) is 0 Å². The van der Waals surface area contributed by atoms with Gasteiger partial charge in [-0.05, 0) is 37.1 Å². The number of carbonyl (C=O) groups excluding carboxylic acids is 1. The third-order valence-corrected chi connectivity index (χ3v) is 6.31. The first-order valence-electron chi connectivity index (χ1n) is 10.1. The average Bonchev–Trinajstić information content (AvgIpc) is 3.25. The van der Waals surface area contributed by atoms with Crippen LogP contribution in [0, 0.1) is 19.7 Å². The number of nitrogens with one attached hydrogen (secondary N) is 1. The lowest BCUT2D eigenvalue weighted by atomic mass is 10.1. The van der Waals surface area contributed by atoms with Crippen molar-refractivity contribution < 1.29 is 9.18 Å². The van der Waals surface area contributed by atoms with E-state index in [1.165, 1.54) is 23.0 Å². The molecule has 1 N–H and O–H groups in total. The number of halogens is 1. The Morgan fingerprint density at radius 2 is 1.83 bits per heavy atom. The van der Waals surface area contributed by atoms with E-state index in [0.717, 1.165) is 29.3 Å². The summed E-state index contributed by atoms with van der Waals surface area (Å²) in [5, 5.41) is 5.61. The molecule has 0 spiro atoms. The number of benzene rings is 2. The Labute approximate surface area is 180 Å². The second-order valence-corrected chi connectivity index (χ2v) is 8.39. The van der Waals surface area contributed by atoms with Crippen molar-refractivity contribution in [1.29, 1.82) is 0 Å². The van der Waals surface area contributed by atoms with E-state index in [-0.39, 0.29) is 11.7 Å². The molecule has 1 aliphatic heterocycles. The molecule has 0 aliphatic carbocycles. The van der Waals surface area contributed by atoms with Gasteiger partial charge in [-0.15, -0.1) is 11.3 Å². The Hall–Kier alpha value is -2.93. The summed E-state index contributed by atoms with van der Waals surface area (Å²) in [6.07, 6.45) is 0. The maximum Gasteiger partial charge on any atom is 0.271 e. The fourth-order valence-electron chi connectivity index (χ4n) is 3.62. The molecule has 156 valence electrons. The highest BCUT2D eigenvalue weighted by atomic mass is 32.1. The highest BCUT2D eigenvalue weighted by Crippen LogP contribution is 2.25. The summed E-state index contributed by atoms with van der Waals surface area (Å²) in [5.41, 5.74) is 4.53. The van der Waals surface area contributed by atoms with E-state index in [9.17, 15) is 9.18 Å². The quantitative estimate of drug-likeness (QED) is 0.668. The second-order valence-electron chi connectivity index (χ2n) is 7.55. The van der Waals surface area contributed by atoms with Gasteiger partial charge in [-0.25, -0.2) is 9.37 Å². The summed E-state index contributed by atoms with van der Waals surface area (Å²) in [4.78, 5) is 21.3. The van der Waals surface area contributed by atoms with Crippen molar-refractivity contribution in [3.63, 3.8) is 0 Å². The maximum absolute atomic E-state index is 14.0. The summed E-state index contributed by atoms with van der Waals surface area (Å²) in [7, 11) is 0. The molecule has 7 heteroatoms. The molecule has 3 aromatic rings. The molecule has 0 bridgehead atoms. The summed E-state index contributed by atoms with van der Waals surface area (Å²) in [5.74, 6) is -0.355. The molecule has 0 atom stereocenters. The molecule has 0 radical (unpaired) electrons. The first kappa shape index (κ1) is 20.3. The lowest BCUT2D eigenvalue weighted by Crippen LogP contribution is -2.46. The van der Waals surface area contributed by atoms with Crippen LogP contribution in [-0.4, -0.2) is 37.1 Å². The SMILES string of the molecule is Cc1ccc(C)c(CNC(=O)c2csc(N3CCN(c4ccccc4F)CC3)n2)c1. The number of para-hydroxylation sites is 1. The van der Waals surface area contributed by atoms with Gasteiger partial charge in [0.05, 0.1) is 5.69 Å². The lowest BCUT2D eigenvalue weighted by molar-refractivity contribution is 0.0946. The molecular formula is C23H25FN4OS. The number of aryl methyl sites for hydroxylation is 2. The molecule has 1 amide bonds. The average molecular weight is 425 g/mol. The zero-order valence-electron chi connectivity index (χ0n) is 17.2. The number of aromatic nitrogens is 1. The van der Waals surface area contributed by atoms with Gasteiger partial charge in [0, 0.05) is 38.1 Å². The summed E-state index contributed by atoms with van der Waals surface area (Å²) in [6.45, 7) is 7.49. The highest BCUT2D eigenvalue weighted by molar-refractivity contribution is 7.13. The molecule has 5 nitrogen and oxygen atoms in total. The molecular weight excluding hydrogens is 399 g/mol. The number of anilines is 2. The fraction of sp³-hybridized carbons (Fsp3) is 0.304. The Morgan fingerprint density at radius 3 is 2.60 bits per heavy atom. The third kappa shape index (κ3) is 4.46. The number of hydrogen-bond donors (Lipinski definition) is 1. The van der Waals surface area contributed by atoms with E-state index in [1.54, 1.807) is 11.4 Å². The van der Waals surface area contributed by atoms with Crippen molar-refractivity contribution in [1.82, 2.24) is 10.3 Å². The van der Waals surface area contributed by atoms with Crippen LogP contribution in [0.2, 0.25) is 0 Å². The first-order chi connectivity index (χ1) is 14.5. The highest BCUT2D eigenvalue weighted by Gasteiger charge is 2.22. The lowest BCUT2D eigenvalue weighted by Gasteiger charge is -2.36.